The predicted molar refractivity (Wildman–Crippen MR) is 140 cm³/mol. The van der Waals surface area contributed by atoms with Gasteiger partial charge in [-0.05, 0) is 49.3 Å². The first-order valence-electron chi connectivity index (χ1n) is 12.3. The van der Waals surface area contributed by atoms with Crippen LogP contribution in [0.1, 0.15) is 47.1 Å². The van der Waals surface area contributed by atoms with Crippen LogP contribution in [0.25, 0.3) is 0 Å². The topological polar surface area (TPSA) is 52.0 Å². The zero-order valence-corrected chi connectivity index (χ0v) is 20.0. The van der Waals surface area contributed by atoms with Crippen LogP contribution in [-0.2, 0) is 24.1 Å². The second-order valence-electron chi connectivity index (χ2n) is 9.45. The van der Waals surface area contributed by atoms with E-state index in [1.54, 1.807) is 0 Å². The molecule has 0 amide bonds. The molecule has 4 nitrogen and oxygen atoms in total. The van der Waals surface area contributed by atoms with Gasteiger partial charge in [-0.25, -0.2) is 4.98 Å². The van der Waals surface area contributed by atoms with Gasteiger partial charge in [-0.1, -0.05) is 78.3 Å². The number of aryl methyl sites for hydroxylation is 2. The maximum Gasteiger partial charge on any atom is 0.257 e. The fourth-order valence-corrected chi connectivity index (χ4v) is 5.27. The average Bonchev–Trinajstić information content (AvgIpc) is 3.30. The lowest BCUT2D eigenvalue weighted by molar-refractivity contribution is -0.122. The number of allylic oxidation sites excluding steroid dienone is 4. The summed E-state index contributed by atoms with van der Waals surface area (Å²) in [7, 11) is 5.77. The van der Waals surface area contributed by atoms with E-state index in [9.17, 15) is 9.59 Å². The maximum atomic E-state index is 13.9. The molecule has 0 fully saturated rings. The van der Waals surface area contributed by atoms with Gasteiger partial charge < -0.3 is 0 Å². The molecule has 3 aromatic rings. The summed E-state index contributed by atoms with van der Waals surface area (Å²) in [4.78, 5) is 31.9. The number of aromatic nitrogens is 2. The first-order valence-corrected chi connectivity index (χ1v) is 12.3. The van der Waals surface area contributed by atoms with Crippen LogP contribution in [0.15, 0.2) is 83.2 Å². The van der Waals surface area contributed by atoms with Gasteiger partial charge in [0.15, 0.2) is 0 Å². The largest absolute Gasteiger partial charge is 0.299 e. The van der Waals surface area contributed by atoms with Crippen molar-refractivity contribution >= 4 is 19.1 Å². The van der Waals surface area contributed by atoms with Crippen LogP contribution in [0, 0.1) is 19.3 Å². The number of carbonyl (C=O) groups excluding carboxylic acids is 1. The minimum Gasteiger partial charge on any atom is -0.299 e. The van der Waals surface area contributed by atoms with E-state index in [0.717, 1.165) is 34.4 Å². The van der Waals surface area contributed by atoms with Crippen molar-refractivity contribution in [1.29, 1.82) is 0 Å². The summed E-state index contributed by atoms with van der Waals surface area (Å²) >= 11 is 0. The average molecular weight is 459 g/mol. The summed E-state index contributed by atoms with van der Waals surface area (Å²) in [5.41, 5.74) is 5.40. The predicted octanol–water partition coefficient (Wildman–Crippen LogP) is 3.94. The second kappa shape index (κ2) is 10.0. The molecule has 1 aromatic heterocycles. The number of rotatable bonds is 6. The molecule has 35 heavy (non-hydrogen) atoms. The molecule has 2 aromatic carbocycles. The smallest absolute Gasteiger partial charge is 0.257 e. The summed E-state index contributed by atoms with van der Waals surface area (Å²) in [6.45, 7) is 1.91. The molecule has 0 saturated heterocycles. The fraction of sp³-hybridized carbons (Fsp3) is 0.267. The number of Topliss-reactive ketones (excluding diaryl/α,β-unsaturated/α-hetero) is 1. The number of fused-ring (bicyclic) bond motifs is 1. The highest BCUT2D eigenvalue weighted by Crippen LogP contribution is 2.32. The SMILES string of the molecule is [B]c1ccc(CC(=O)C2CCc3nc(C)n(C(C4=CC=C[CH]4)c4ccccc4)c(=O)c3CC2)cc1. The Morgan fingerprint density at radius 1 is 1.06 bits per heavy atom. The van der Waals surface area contributed by atoms with E-state index < -0.39 is 0 Å². The van der Waals surface area contributed by atoms with Crippen LogP contribution >= 0.6 is 0 Å². The zero-order valence-electron chi connectivity index (χ0n) is 20.0. The molecule has 2 atom stereocenters. The fourth-order valence-electron chi connectivity index (χ4n) is 5.27. The van der Waals surface area contributed by atoms with Crippen molar-refractivity contribution in [3.8, 4) is 0 Å². The van der Waals surface area contributed by atoms with E-state index in [-0.39, 0.29) is 23.3 Å². The van der Waals surface area contributed by atoms with Crippen LogP contribution in [0.3, 0.4) is 0 Å². The van der Waals surface area contributed by atoms with Crippen molar-refractivity contribution in [1.82, 2.24) is 9.55 Å². The van der Waals surface area contributed by atoms with Crippen molar-refractivity contribution in [3.63, 3.8) is 0 Å². The Morgan fingerprint density at radius 2 is 1.80 bits per heavy atom. The summed E-state index contributed by atoms with van der Waals surface area (Å²) in [5, 5.41) is 0. The van der Waals surface area contributed by atoms with E-state index in [0.29, 0.717) is 37.0 Å². The Labute approximate surface area is 207 Å². The molecule has 1 heterocycles. The lowest BCUT2D eigenvalue weighted by Gasteiger charge is -2.25. The molecule has 2 aliphatic rings. The number of hydrogen-bond donors (Lipinski definition) is 0. The van der Waals surface area contributed by atoms with Crippen molar-refractivity contribution in [3.05, 3.63) is 123 Å². The number of benzene rings is 2. The van der Waals surface area contributed by atoms with Gasteiger partial charge in [0, 0.05) is 24.3 Å². The van der Waals surface area contributed by atoms with E-state index in [4.69, 9.17) is 12.8 Å². The van der Waals surface area contributed by atoms with Crippen LogP contribution in [-0.4, -0.2) is 23.2 Å². The Bertz CT molecular complexity index is 1350. The molecule has 0 saturated carbocycles. The lowest BCUT2D eigenvalue weighted by Crippen LogP contribution is -2.33. The van der Waals surface area contributed by atoms with Gasteiger partial charge in [-0.15, -0.1) is 0 Å². The molecule has 0 bridgehead atoms. The molecule has 5 heteroatoms. The van der Waals surface area contributed by atoms with Crippen molar-refractivity contribution < 1.29 is 4.79 Å². The van der Waals surface area contributed by atoms with Crippen LogP contribution in [0.4, 0.5) is 0 Å². The number of hydrogen-bond acceptors (Lipinski definition) is 3. The Kier molecular flexibility index (Phi) is 6.67. The summed E-state index contributed by atoms with van der Waals surface area (Å²) < 4.78 is 1.83. The third-order valence-corrected chi connectivity index (χ3v) is 7.13. The van der Waals surface area contributed by atoms with Crippen LogP contribution in [0.2, 0.25) is 0 Å². The van der Waals surface area contributed by atoms with Gasteiger partial charge >= 0.3 is 0 Å². The van der Waals surface area contributed by atoms with Crippen molar-refractivity contribution in [2.24, 2.45) is 5.92 Å². The normalized spacial score (nSPS) is 18.0. The van der Waals surface area contributed by atoms with Gasteiger partial charge in [0.1, 0.15) is 19.5 Å². The number of nitrogens with zero attached hydrogens (tertiary/aromatic N) is 2. The summed E-state index contributed by atoms with van der Waals surface area (Å²) in [5.74, 6) is 0.851. The molecule has 0 aliphatic heterocycles. The first kappa shape index (κ1) is 23.3. The van der Waals surface area contributed by atoms with E-state index >= 15 is 0 Å². The standard InChI is InChI=1S/C30H28BN2O2/c1-20-32-27-18-14-22(28(34)19-21-11-15-25(31)16-12-21)13-17-26(27)30(35)33(20)29(24-9-5-6-10-24)23-7-3-2-4-8-23/h2-12,15-16,22,29H,13-14,17-19H2,1H3. The quantitative estimate of drug-likeness (QED) is 0.415. The van der Waals surface area contributed by atoms with Gasteiger partial charge in [0.2, 0.25) is 0 Å². The third kappa shape index (κ3) is 4.86. The second-order valence-corrected chi connectivity index (χ2v) is 9.45. The van der Waals surface area contributed by atoms with Crippen molar-refractivity contribution in [2.45, 2.75) is 45.1 Å². The van der Waals surface area contributed by atoms with Crippen LogP contribution < -0.4 is 11.0 Å². The van der Waals surface area contributed by atoms with Crippen molar-refractivity contribution in [2.75, 3.05) is 0 Å². The summed E-state index contributed by atoms with van der Waals surface area (Å²) in [6, 6.07) is 17.3. The van der Waals surface area contributed by atoms with Gasteiger partial charge in [0.25, 0.3) is 5.56 Å². The highest BCUT2D eigenvalue weighted by Gasteiger charge is 2.29. The minimum atomic E-state index is -0.234. The van der Waals surface area contributed by atoms with Gasteiger partial charge in [-0.2, -0.15) is 0 Å². The Hall–Kier alpha value is -3.47. The van der Waals surface area contributed by atoms with E-state index in [2.05, 4.69) is 24.6 Å². The van der Waals surface area contributed by atoms with Gasteiger partial charge in [-0.3, -0.25) is 14.2 Å². The highest BCUT2D eigenvalue weighted by atomic mass is 16.1. The third-order valence-electron chi connectivity index (χ3n) is 7.13. The lowest BCUT2D eigenvalue weighted by atomic mass is 9.89. The molecular weight excluding hydrogens is 431 g/mol. The molecular formula is C30H28BN2O2. The molecule has 2 aliphatic carbocycles. The van der Waals surface area contributed by atoms with Gasteiger partial charge in [0.05, 0.1) is 11.7 Å². The molecule has 5 rings (SSSR count). The van der Waals surface area contributed by atoms with E-state index in [1.807, 2.05) is 66.1 Å². The molecule has 0 spiro atoms. The Morgan fingerprint density at radius 3 is 2.51 bits per heavy atom. The minimum absolute atomic E-state index is 0.00851. The number of ketones is 1. The Balaban J connectivity index is 1.44. The maximum absolute atomic E-state index is 13.9. The molecule has 3 radical (unpaired) electrons. The van der Waals surface area contributed by atoms with E-state index in [1.165, 1.54) is 0 Å². The molecule has 0 N–H and O–H groups in total. The summed E-state index contributed by atoms with van der Waals surface area (Å²) in [6.07, 6.45) is 11.1. The molecule has 173 valence electrons. The number of carbonyl (C=O) groups is 1. The zero-order chi connectivity index (χ0) is 24.4. The van der Waals surface area contributed by atoms with Crippen LogP contribution in [0.5, 0.6) is 0 Å². The monoisotopic (exact) mass is 459 g/mol. The molecule has 2 unspecified atom stereocenters. The first-order chi connectivity index (χ1) is 17.0. The highest BCUT2D eigenvalue weighted by molar-refractivity contribution is 6.32.